The van der Waals surface area contributed by atoms with Gasteiger partial charge in [0.25, 0.3) is 0 Å². The van der Waals surface area contributed by atoms with Crippen LogP contribution in [0.3, 0.4) is 0 Å². The van der Waals surface area contributed by atoms with Crippen LogP contribution in [-0.2, 0) is 32.7 Å². The zero-order valence-corrected chi connectivity index (χ0v) is 39.7. The van der Waals surface area contributed by atoms with Crippen LogP contribution in [0.1, 0.15) is 168 Å². The summed E-state index contributed by atoms with van der Waals surface area (Å²) >= 11 is 0. The molecule has 0 aliphatic carbocycles. The van der Waals surface area contributed by atoms with Crippen molar-refractivity contribution in [1.82, 2.24) is 4.90 Å². The van der Waals surface area contributed by atoms with Gasteiger partial charge in [0.1, 0.15) is 6.61 Å². The average molecular weight is 872 g/mol. The Labute approximate surface area is 372 Å². The molecule has 0 radical (unpaired) electrons. The van der Waals surface area contributed by atoms with Crippen molar-refractivity contribution >= 4 is 19.8 Å². The molecular weight excluding hydrogens is 786 g/mol. The first-order valence-corrected chi connectivity index (χ1v) is 25.0. The van der Waals surface area contributed by atoms with E-state index in [0.717, 1.165) is 77.0 Å². The molecule has 61 heavy (non-hydrogen) atoms. The van der Waals surface area contributed by atoms with Crippen LogP contribution in [-0.4, -0.2) is 68.3 Å². The summed E-state index contributed by atoms with van der Waals surface area (Å²) in [5.41, 5.74) is 0. The molecule has 0 aromatic carbocycles. The highest BCUT2D eigenvalue weighted by atomic mass is 31.2. The van der Waals surface area contributed by atoms with E-state index in [1.807, 2.05) is 26.2 Å². The number of unbranched alkanes of at least 4 members (excludes halogenated alkanes) is 12. The van der Waals surface area contributed by atoms with Crippen molar-refractivity contribution in [2.45, 2.75) is 174 Å². The van der Waals surface area contributed by atoms with Gasteiger partial charge in [-0.2, -0.15) is 0 Å². The van der Waals surface area contributed by atoms with Crippen molar-refractivity contribution in [2.75, 3.05) is 40.5 Å². The number of likely N-dealkylation sites (N-methyl/N-ethyl adjacent to an activating group) is 1. The third kappa shape index (κ3) is 46.3. The molecule has 0 bridgehead atoms. The minimum absolute atomic E-state index is 0.0122. The van der Waals surface area contributed by atoms with E-state index in [4.69, 9.17) is 18.5 Å². The molecule has 0 saturated carbocycles. The van der Waals surface area contributed by atoms with Crippen LogP contribution in [0.25, 0.3) is 0 Å². The van der Waals surface area contributed by atoms with E-state index >= 15 is 0 Å². The number of carbonyl (C=O) groups is 2. The minimum Gasteiger partial charge on any atom is -0.462 e. The third-order valence-corrected chi connectivity index (χ3v) is 10.4. The maximum absolute atomic E-state index is 12.7. The lowest BCUT2D eigenvalue weighted by atomic mass is 10.1. The Morgan fingerprint density at radius 1 is 0.525 bits per heavy atom. The van der Waals surface area contributed by atoms with E-state index in [0.29, 0.717) is 13.0 Å². The molecule has 0 amide bonds. The fraction of sp³-hybridized carbons (Fsp3) is 0.647. The fourth-order valence-electron chi connectivity index (χ4n) is 5.80. The molecule has 0 heterocycles. The number of carbonyl (C=O) groups excluding carboxylic acids is 2. The number of allylic oxidation sites excluding steroid dienone is 16. The number of nitrogens with zero attached hydrogens (tertiary/aromatic N) is 1. The molecule has 2 unspecified atom stereocenters. The van der Waals surface area contributed by atoms with Gasteiger partial charge in [-0.05, 0) is 97.6 Å². The first kappa shape index (κ1) is 57.9. The van der Waals surface area contributed by atoms with Crippen molar-refractivity contribution in [1.29, 1.82) is 0 Å². The maximum Gasteiger partial charge on any atom is 0.472 e. The quantitative estimate of drug-likeness (QED) is 0.0277. The predicted molar refractivity (Wildman–Crippen MR) is 256 cm³/mol. The summed E-state index contributed by atoms with van der Waals surface area (Å²) in [4.78, 5) is 37.1. The molecule has 0 saturated heterocycles. The van der Waals surface area contributed by atoms with Crippen molar-refractivity contribution in [3.8, 4) is 0 Å². The van der Waals surface area contributed by atoms with Gasteiger partial charge in [-0.15, -0.1) is 0 Å². The summed E-state index contributed by atoms with van der Waals surface area (Å²) in [7, 11) is -0.764. The smallest absolute Gasteiger partial charge is 0.462 e. The minimum atomic E-state index is -4.39. The van der Waals surface area contributed by atoms with Crippen LogP contribution in [0.4, 0.5) is 0 Å². The number of hydrogen-bond donors (Lipinski definition) is 1. The fourth-order valence-corrected chi connectivity index (χ4v) is 6.54. The lowest BCUT2D eigenvalue weighted by molar-refractivity contribution is -0.161. The van der Waals surface area contributed by atoms with Gasteiger partial charge < -0.3 is 19.3 Å². The van der Waals surface area contributed by atoms with Gasteiger partial charge >= 0.3 is 19.8 Å². The van der Waals surface area contributed by atoms with Crippen LogP contribution < -0.4 is 0 Å². The second kappa shape index (κ2) is 45.0. The standard InChI is InChI=1S/C51H86NO8P/c1-5-7-9-11-13-15-17-19-21-23-25-27-29-31-33-35-37-39-41-43-50(53)57-47-49(48-59-61(55,56)58-46-45-52(3)4)60-51(54)44-42-40-38-36-34-32-30-28-26-24-22-20-18-16-14-12-10-8-6-2/h8,10,13-16,19-22,26,28,32,34,38,40,49H,5-7,9,11-12,17-18,23-25,27,29-31,33,35-37,39,41-48H2,1-4H3,(H,55,56)/b10-8-,15-13-,16-14-,21-19-,22-20-,28-26-,34-32-,40-38-. The Hall–Kier alpha value is -3.07. The van der Waals surface area contributed by atoms with E-state index in [2.05, 4.69) is 98.9 Å². The summed E-state index contributed by atoms with van der Waals surface area (Å²) in [5.74, 6) is -0.913. The van der Waals surface area contributed by atoms with Crippen molar-refractivity contribution in [3.63, 3.8) is 0 Å². The van der Waals surface area contributed by atoms with Crippen LogP contribution in [0.15, 0.2) is 97.2 Å². The molecule has 0 aromatic heterocycles. The van der Waals surface area contributed by atoms with E-state index < -0.39 is 32.5 Å². The summed E-state index contributed by atoms with van der Waals surface area (Å²) in [6.45, 7) is 4.08. The van der Waals surface area contributed by atoms with Crippen molar-refractivity contribution in [2.24, 2.45) is 0 Å². The van der Waals surface area contributed by atoms with Gasteiger partial charge in [0.2, 0.25) is 0 Å². The molecule has 0 aliphatic rings. The Morgan fingerprint density at radius 2 is 0.967 bits per heavy atom. The molecule has 348 valence electrons. The molecule has 0 rings (SSSR count). The predicted octanol–water partition coefficient (Wildman–Crippen LogP) is 14.0. The van der Waals surface area contributed by atoms with Crippen molar-refractivity contribution < 1.29 is 37.6 Å². The van der Waals surface area contributed by atoms with Crippen LogP contribution in [0.5, 0.6) is 0 Å². The lowest BCUT2D eigenvalue weighted by Crippen LogP contribution is -2.29. The molecule has 9 nitrogen and oxygen atoms in total. The SMILES string of the molecule is CC/C=C\C/C=C\C/C=C\C/C=C\C/C=C\C/C=C\CCC(=O)OC(COC(=O)CCCCCCCCCCC/C=C\C/C=C\CCCCC)COP(=O)(O)OCCN(C)C. The second-order valence-corrected chi connectivity index (χ2v) is 17.0. The van der Waals surface area contributed by atoms with E-state index in [1.54, 1.807) is 4.90 Å². The number of esters is 2. The number of phosphoric ester groups is 1. The highest BCUT2D eigenvalue weighted by Gasteiger charge is 2.26. The second-order valence-electron chi connectivity index (χ2n) is 15.5. The van der Waals surface area contributed by atoms with Crippen LogP contribution in [0, 0.1) is 0 Å². The summed E-state index contributed by atoms with van der Waals surface area (Å²) < 4.78 is 33.4. The Bertz CT molecular complexity index is 1330. The largest absolute Gasteiger partial charge is 0.472 e. The number of rotatable bonds is 42. The molecule has 1 N–H and O–H groups in total. The normalized spacial score (nSPS) is 14.2. The van der Waals surface area contributed by atoms with Gasteiger partial charge in [-0.3, -0.25) is 18.6 Å². The van der Waals surface area contributed by atoms with Gasteiger partial charge in [-0.1, -0.05) is 169 Å². The molecule has 10 heteroatoms. The highest BCUT2D eigenvalue weighted by molar-refractivity contribution is 7.47. The molecular formula is C51H86NO8P. The summed E-state index contributed by atoms with van der Waals surface area (Å²) in [5, 5.41) is 0. The zero-order valence-electron chi connectivity index (χ0n) is 38.8. The average Bonchev–Trinajstić information content (AvgIpc) is 3.23. The van der Waals surface area contributed by atoms with Gasteiger partial charge in [0.15, 0.2) is 6.10 Å². The topological polar surface area (TPSA) is 112 Å². The van der Waals surface area contributed by atoms with Crippen LogP contribution >= 0.6 is 7.82 Å². The monoisotopic (exact) mass is 872 g/mol. The molecule has 0 aromatic rings. The Kier molecular flexibility index (Phi) is 42.7. The van der Waals surface area contributed by atoms with Gasteiger partial charge in [-0.25, -0.2) is 4.57 Å². The first-order valence-electron chi connectivity index (χ1n) is 23.5. The van der Waals surface area contributed by atoms with Crippen molar-refractivity contribution in [3.05, 3.63) is 97.2 Å². The van der Waals surface area contributed by atoms with E-state index in [-0.39, 0.29) is 26.1 Å². The summed E-state index contributed by atoms with van der Waals surface area (Å²) in [6, 6.07) is 0. The summed E-state index contributed by atoms with van der Waals surface area (Å²) in [6.07, 6.45) is 57.5. The van der Waals surface area contributed by atoms with Crippen LogP contribution in [0.2, 0.25) is 0 Å². The lowest BCUT2D eigenvalue weighted by Gasteiger charge is -2.20. The maximum atomic E-state index is 12.7. The molecule has 0 spiro atoms. The highest BCUT2D eigenvalue weighted by Crippen LogP contribution is 2.43. The Morgan fingerprint density at radius 3 is 1.46 bits per heavy atom. The number of hydrogen-bond acceptors (Lipinski definition) is 8. The molecule has 0 aliphatic heterocycles. The van der Waals surface area contributed by atoms with Gasteiger partial charge in [0, 0.05) is 19.4 Å². The number of ether oxygens (including phenoxy) is 2. The zero-order chi connectivity index (χ0) is 44.8. The van der Waals surface area contributed by atoms with Gasteiger partial charge in [0.05, 0.1) is 13.2 Å². The molecule has 0 fully saturated rings. The first-order chi connectivity index (χ1) is 29.7. The Balaban J connectivity index is 4.38. The third-order valence-electron chi connectivity index (χ3n) is 9.39. The van der Waals surface area contributed by atoms with E-state index in [1.165, 1.54) is 57.8 Å². The van der Waals surface area contributed by atoms with E-state index in [9.17, 15) is 19.0 Å². The molecule has 2 atom stereocenters. The number of phosphoric acid groups is 1.